The number of fused-ring (bicyclic) bond motifs is 1. The quantitative estimate of drug-likeness (QED) is 0.163. The Hall–Kier alpha value is -2.24. The Bertz CT molecular complexity index is 1630. The summed E-state index contributed by atoms with van der Waals surface area (Å²) < 4.78 is 76.5. The molecule has 19 heteroatoms. The number of aromatic nitrogens is 3. The molecule has 2 N–H and O–H groups in total. The van der Waals surface area contributed by atoms with Crippen LogP contribution in [0.1, 0.15) is 18.0 Å². The van der Waals surface area contributed by atoms with Gasteiger partial charge in [-0.25, -0.2) is 14.4 Å². The second-order valence-corrected chi connectivity index (χ2v) is 9.52. The van der Waals surface area contributed by atoms with Gasteiger partial charge >= 0.3 is 59.1 Å². The first-order valence-corrected chi connectivity index (χ1v) is 12.6. The van der Waals surface area contributed by atoms with Crippen LogP contribution >= 0.6 is 7.82 Å². The van der Waals surface area contributed by atoms with E-state index >= 15 is 0 Å². The molecule has 0 unspecified atom stereocenters. The number of ether oxygens (including phenoxy) is 4. The molecule has 3 aromatic rings. The first kappa shape index (κ1) is 31.2. The van der Waals surface area contributed by atoms with E-state index in [-0.39, 0.29) is 112 Å². The first-order valence-electron chi connectivity index (χ1n) is 12.7. The van der Waals surface area contributed by atoms with E-state index in [0.717, 1.165) is 4.90 Å². The van der Waals surface area contributed by atoms with Gasteiger partial charge in [-0.15, -0.1) is 0 Å². The molecule has 1 aliphatic heterocycles. The zero-order valence-electron chi connectivity index (χ0n) is 26.7. The topological polar surface area (TPSA) is 192 Å². The Morgan fingerprint density at radius 1 is 1.10 bits per heavy atom. The van der Waals surface area contributed by atoms with E-state index in [9.17, 15) is 23.5 Å². The largest absolute Gasteiger partial charge is 1.00 e. The molecule has 1 aromatic carbocycles. The molecule has 42 heavy (non-hydrogen) atoms. The second kappa shape index (κ2) is 14.5. The normalized spacial score (nSPS) is 14.5. The number of rotatable bonds is 10. The summed E-state index contributed by atoms with van der Waals surface area (Å²) in [7, 11) is -1.61. The molecule has 0 atom stereocenters. The SMILES string of the molecule is [2H]c1nc(Nc2c([2H])c(OC)c(OC)c(OC)c2[2H])nc(Nc2ccc3c(n2)N(COP(=O)([O-])[O-])C(=O)C(C)(C)O3)c1F.[Na+].[Na+]. The molecule has 1 aliphatic rings. The van der Waals surface area contributed by atoms with Gasteiger partial charge in [-0.1, -0.05) is 0 Å². The molecule has 0 aliphatic carbocycles. The number of carbonyl (C=O) groups is 1. The molecule has 214 valence electrons. The Morgan fingerprint density at radius 3 is 2.31 bits per heavy atom. The maximum Gasteiger partial charge on any atom is 1.00 e. The Labute approximate surface area is 288 Å². The van der Waals surface area contributed by atoms with Gasteiger partial charge in [-0.3, -0.25) is 9.69 Å². The number of anilines is 5. The molecule has 0 saturated heterocycles. The predicted molar refractivity (Wildman–Crippen MR) is 135 cm³/mol. The fourth-order valence-corrected chi connectivity index (χ4v) is 3.74. The second-order valence-electron chi connectivity index (χ2n) is 8.37. The van der Waals surface area contributed by atoms with Gasteiger partial charge in [0.25, 0.3) is 5.91 Å². The van der Waals surface area contributed by atoms with Crippen molar-refractivity contribution >= 4 is 42.8 Å². The number of nitrogens with zero attached hydrogens (tertiary/aromatic N) is 4. The van der Waals surface area contributed by atoms with Crippen molar-refractivity contribution in [1.82, 2.24) is 15.0 Å². The Balaban J connectivity index is 0.00000353. The molecule has 2 aromatic heterocycles. The summed E-state index contributed by atoms with van der Waals surface area (Å²) in [6.45, 7) is 1.82. The molecule has 15 nitrogen and oxygen atoms in total. The van der Waals surface area contributed by atoms with Crippen molar-refractivity contribution in [2.75, 3.05) is 43.6 Å². The molecule has 4 rings (SSSR count). The van der Waals surface area contributed by atoms with Crippen molar-refractivity contribution in [1.29, 1.82) is 0 Å². The maximum absolute atomic E-state index is 15.0. The number of nitrogens with one attached hydrogen (secondary N) is 2. The van der Waals surface area contributed by atoms with E-state index in [0.29, 0.717) is 0 Å². The van der Waals surface area contributed by atoms with Gasteiger partial charge in [-0.05, 0) is 26.0 Å². The van der Waals surface area contributed by atoms with E-state index in [1.54, 1.807) is 0 Å². The van der Waals surface area contributed by atoms with Crippen LogP contribution in [0.3, 0.4) is 0 Å². The minimum Gasteiger partial charge on any atom is -0.790 e. The smallest absolute Gasteiger partial charge is 0.790 e. The zero-order chi connectivity index (χ0) is 31.9. The van der Waals surface area contributed by atoms with E-state index in [2.05, 4.69) is 30.1 Å². The maximum atomic E-state index is 15.0. The number of methoxy groups -OCH3 is 3. The fourth-order valence-electron chi connectivity index (χ4n) is 3.48. The van der Waals surface area contributed by atoms with Crippen molar-refractivity contribution in [3.8, 4) is 23.0 Å². The number of pyridine rings is 1. The number of hydrogen-bond acceptors (Lipinski definition) is 14. The van der Waals surface area contributed by atoms with Gasteiger partial charge in [0.1, 0.15) is 12.5 Å². The van der Waals surface area contributed by atoms with Gasteiger partial charge in [-0.2, -0.15) is 4.98 Å². The number of phosphoric acid groups is 1. The van der Waals surface area contributed by atoms with Gasteiger partial charge in [0.15, 0.2) is 40.3 Å². The van der Waals surface area contributed by atoms with Crippen molar-refractivity contribution < 1.29 is 110 Å². The summed E-state index contributed by atoms with van der Waals surface area (Å²) in [5, 5.41) is 5.14. The van der Waals surface area contributed by atoms with Crippen LogP contribution in [0.25, 0.3) is 0 Å². The van der Waals surface area contributed by atoms with Crippen LogP contribution in [0.15, 0.2) is 30.4 Å². The fraction of sp³-hybridized carbons (Fsp3) is 0.304. The van der Waals surface area contributed by atoms with E-state index in [1.807, 2.05) is 0 Å². The average molecular weight is 627 g/mol. The molecular weight excluding hydrogens is 600 g/mol. The van der Waals surface area contributed by atoms with Crippen LogP contribution in [0.5, 0.6) is 23.0 Å². The minimum absolute atomic E-state index is 0. The van der Waals surface area contributed by atoms with Crippen LogP contribution < -0.4 is 103 Å². The number of carbonyl (C=O) groups excluding carboxylic acids is 1. The van der Waals surface area contributed by atoms with E-state index in [4.69, 9.17) is 23.1 Å². The van der Waals surface area contributed by atoms with Gasteiger partial charge < -0.3 is 48.5 Å². The number of amides is 1. The average Bonchev–Trinajstić information content (AvgIpc) is 2.93. The first-order chi connectivity index (χ1) is 20.1. The third-order valence-electron chi connectivity index (χ3n) is 5.24. The molecule has 0 radical (unpaired) electrons. The van der Waals surface area contributed by atoms with E-state index in [1.165, 1.54) is 47.3 Å². The van der Waals surface area contributed by atoms with Crippen molar-refractivity contribution in [2.45, 2.75) is 19.4 Å². The summed E-state index contributed by atoms with van der Waals surface area (Å²) in [5.41, 5.74) is -1.68. The molecule has 0 bridgehead atoms. The van der Waals surface area contributed by atoms with Crippen LogP contribution in [0.2, 0.25) is 0 Å². The van der Waals surface area contributed by atoms with Crippen LogP contribution in [-0.4, -0.2) is 54.5 Å². The Morgan fingerprint density at radius 2 is 1.74 bits per heavy atom. The molecule has 0 saturated carbocycles. The summed E-state index contributed by atoms with van der Waals surface area (Å²) >= 11 is 0. The van der Waals surface area contributed by atoms with Crippen LogP contribution in [-0.2, 0) is 13.9 Å². The Kier molecular flexibility index (Phi) is 10.8. The van der Waals surface area contributed by atoms with Gasteiger partial charge in [0.05, 0.1) is 39.4 Å². The minimum atomic E-state index is -5.47. The van der Waals surface area contributed by atoms with Crippen LogP contribution in [0, 0.1) is 5.82 Å². The monoisotopic (exact) mass is 627 g/mol. The number of hydrogen-bond donors (Lipinski definition) is 2. The molecule has 3 heterocycles. The molecule has 0 fully saturated rings. The third kappa shape index (κ3) is 8.23. The summed E-state index contributed by atoms with van der Waals surface area (Å²) in [6.07, 6.45) is -0.875. The molecule has 1 amide bonds. The summed E-state index contributed by atoms with van der Waals surface area (Å²) in [5.74, 6) is -3.52. The number of phosphoric ester groups is 1. The number of halogens is 1. The predicted octanol–water partition coefficient (Wildman–Crippen LogP) is -4.16. The third-order valence-corrected chi connectivity index (χ3v) is 5.67. The van der Waals surface area contributed by atoms with Crippen LogP contribution in [0.4, 0.5) is 33.5 Å². The van der Waals surface area contributed by atoms with Gasteiger partial charge in [0.2, 0.25) is 11.7 Å². The van der Waals surface area contributed by atoms with Crippen molar-refractivity contribution in [3.05, 3.63) is 36.2 Å². The standard InChI is InChI=1S/C23H26FN6O9P.2Na/c1-23(2)21(31)30(11-38-40(32,33)34)20-14(39-23)6-7-17(28-20)27-19-13(24)10-25-22(29-19)26-12-8-15(35-3)18(37-5)16(9-12)36-4;;/h6-10H,11H2,1-5H3,(H2,32,33,34)(H2,25,26,27,28,29);;/q;2*+1/p-2/i8D,9D,10D;;. The molecule has 0 spiro atoms. The van der Waals surface area contributed by atoms with Gasteiger partial charge in [0, 0.05) is 17.8 Å². The number of benzene rings is 1. The summed E-state index contributed by atoms with van der Waals surface area (Å²) in [4.78, 5) is 47.7. The zero-order valence-corrected chi connectivity index (χ0v) is 28.5. The van der Waals surface area contributed by atoms with Crippen molar-refractivity contribution in [2.24, 2.45) is 0 Å². The molecular formula is C23H24FN6Na2O9P. The van der Waals surface area contributed by atoms with Crippen molar-refractivity contribution in [3.63, 3.8) is 0 Å². The summed E-state index contributed by atoms with van der Waals surface area (Å²) in [6, 6.07) is 1.98. The van der Waals surface area contributed by atoms with E-state index < -0.39 is 49.8 Å².